The van der Waals surface area contributed by atoms with Crippen molar-refractivity contribution in [2.24, 2.45) is 5.92 Å². The fourth-order valence-corrected chi connectivity index (χ4v) is 2.11. The second-order valence-electron chi connectivity index (χ2n) is 4.74. The van der Waals surface area contributed by atoms with E-state index in [1.54, 1.807) is 0 Å². The molecule has 2 aliphatic rings. The van der Waals surface area contributed by atoms with E-state index in [-0.39, 0.29) is 11.9 Å². The Morgan fingerprint density at radius 3 is 2.94 bits per heavy atom. The summed E-state index contributed by atoms with van der Waals surface area (Å²) in [6.45, 7) is 6.12. The largest absolute Gasteiger partial charge is 0.379 e. The van der Waals surface area contributed by atoms with Crippen LogP contribution in [-0.4, -0.2) is 49.7 Å². The average Bonchev–Trinajstić information content (AvgIpc) is 3.04. The molecule has 16 heavy (non-hydrogen) atoms. The van der Waals surface area contributed by atoms with E-state index in [0.717, 1.165) is 38.6 Å². The van der Waals surface area contributed by atoms with E-state index in [1.807, 2.05) is 11.8 Å². The van der Waals surface area contributed by atoms with Crippen LogP contribution in [0.1, 0.15) is 26.2 Å². The number of nitrogens with zero attached hydrogens (tertiary/aromatic N) is 1. The van der Waals surface area contributed by atoms with Crippen LogP contribution < -0.4 is 5.32 Å². The number of likely N-dealkylation sites (tertiary alicyclic amines) is 1. The van der Waals surface area contributed by atoms with Crippen LogP contribution >= 0.6 is 0 Å². The molecule has 4 nitrogen and oxygen atoms in total. The van der Waals surface area contributed by atoms with Gasteiger partial charge in [-0.05, 0) is 31.7 Å². The molecular weight excluding hydrogens is 204 g/mol. The third kappa shape index (κ3) is 3.19. The Morgan fingerprint density at radius 1 is 1.44 bits per heavy atom. The molecule has 2 rings (SSSR count). The number of hydrogen-bond donors (Lipinski definition) is 1. The predicted molar refractivity (Wildman–Crippen MR) is 62.2 cm³/mol. The number of likely N-dealkylation sites (N-methyl/N-ethyl adjacent to an activating group) is 1. The first kappa shape index (κ1) is 11.9. The summed E-state index contributed by atoms with van der Waals surface area (Å²) in [4.78, 5) is 13.8. The third-order valence-corrected chi connectivity index (χ3v) is 3.30. The lowest BCUT2D eigenvalue weighted by atomic mass is 10.2. The Balaban J connectivity index is 1.60. The molecule has 1 saturated carbocycles. The molecule has 1 N–H and O–H groups in total. The molecule has 1 unspecified atom stereocenters. The van der Waals surface area contributed by atoms with Crippen LogP contribution in [-0.2, 0) is 9.53 Å². The summed E-state index contributed by atoms with van der Waals surface area (Å²) < 4.78 is 5.55. The molecule has 4 heteroatoms. The second kappa shape index (κ2) is 5.64. The fraction of sp³-hybridized carbons (Fsp3) is 0.917. The number of nitrogens with one attached hydrogen (secondary N) is 1. The Hall–Kier alpha value is -0.610. The van der Waals surface area contributed by atoms with Crippen LogP contribution in [0.4, 0.5) is 0 Å². The highest BCUT2D eigenvalue weighted by molar-refractivity contribution is 5.83. The van der Waals surface area contributed by atoms with Crippen molar-refractivity contribution in [3.63, 3.8) is 0 Å². The minimum absolute atomic E-state index is 0.0495. The maximum Gasteiger partial charge on any atom is 0.239 e. The van der Waals surface area contributed by atoms with Crippen LogP contribution in [0.25, 0.3) is 0 Å². The van der Waals surface area contributed by atoms with Gasteiger partial charge in [0.2, 0.25) is 5.91 Å². The van der Waals surface area contributed by atoms with Gasteiger partial charge in [-0.1, -0.05) is 6.92 Å². The number of ether oxygens (including phenoxy) is 1. The van der Waals surface area contributed by atoms with Gasteiger partial charge in [-0.15, -0.1) is 0 Å². The van der Waals surface area contributed by atoms with Gasteiger partial charge in [0.1, 0.15) is 0 Å². The lowest BCUT2D eigenvalue weighted by molar-refractivity contribution is -0.130. The van der Waals surface area contributed by atoms with E-state index in [9.17, 15) is 4.79 Å². The monoisotopic (exact) mass is 226 g/mol. The van der Waals surface area contributed by atoms with E-state index in [2.05, 4.69) is 5.32 Å². The van der Waals surface area contributed by atoms with Crippen molar-refractivity contribution in [3.8, 4) is 0 Å². The molecule has 1 saturated heterocycles. The van der Waals surface area contributed by atoms with Crippen LogP contribution in [0.3, 0.4) is 0 Å². The molecule has 0 aromatic heterocycles. The molecule has 92 valence electrons. The Bertz CT molecular complexity index is 241. The van der Waals surface area contributed by atoms with Gasteiger partial charge in [0.15, 0.2) is 0 Å². The summed E-state index contributed by atoms with van der Waals surface area (Å²) in [6, 6.07) is 0.0495. The number of carbonyl (C=O) groups is 1. The second-order valence-corrected chi connectivity index (χ2v) is 4.74. The van der Waals surface area contributed by atoms with Crippen LogP contribution in [0.15, 0.2) is 0 Å². The molecule has 2 fully saturated rings. The molecule has 1 atom stereocenters. The van der Waals surface area contributed by atoms with Crippen molar-refractivity contribution in [3.05, 3.63) is 0 Å². The predicted octanol–water partition coefficient (Wildman–Crippen LogP) is 0.623. The van der Waals surface area contributed by atoms with Crippen molar-refractivity contribution in [2.45, 2.75) is 32.2 Å². The summed E-state index contributed by atoms with van der Waals surface area (Å²) in [6.07, 6.45) is 3.59. The standard InChI is InChI=1S/C12H22N2O2/c1-2-13-11-5-6-14(12(11)15)7-8-16-9-10-3-4-10/h10-11,13H,2-9H2,1H3. The number of carbonyl (C=O) groups excluding carboxylic acids is 1. The van der Waals surface area contributed by atoms with Gasteiger partial charge < -0.3 is 15.0 Å². The van der Waals surface area contributed by atoms with Gasteiger partial charge in [0.05, 0.1) is 12.6 Å². The molecule has 0 spiro atoms. The van der Waals surface area contributed by atoms with Gasteiger partial charge in [0.25, 0.3) is 0 Å². The topological polar surface area (TPSA) is 41.6 Å². The van der Waals surface area contributed by atoms with Crippen molar-refractivity contribution in [2.75, 3.05) is 32.8 Å². The van der Waals surface area contributed by atoms with Gasteiger partial charge in [-0.3, -0.25) is 4.79 Å². The van der Waals surface area contributed by atoms with Crippen molar-refractivity contribution in [1.29, 1.82) is 0 Å². The summed E-state index contributed by atoms with van der Waals surface area (Å²) in [5, 5.41) is 3.21. The lowest BCUT2D eigenvalue weighted by Crippen LogP contribution is -2.39. The van der Waals surface area contributed by atoms with Gasteiger partial charge in [0, 0.05) is 19.7 Å². The minimum atomic E-state index is 0.0495. The molecule has 0 bridgehead atoms. The molecule has 0 aromatic carbocycles. The van der Waals surface area contributed by atoms with E-state index >= 15 is 0 Å². The average molecular weight is 226 g/mol. The first-order valence-corrected chi connectivity index (χ1v) is 6.41. The molecule has 0 radical (unpaired) electrons. The summed E-state index contributed by atoms with van der Waals surface area (Å²) in [5.74, 6) is 1.06. The molecule has 1 amide bonds. The zero-order chi connectivity index (χ0) is 11.4. The van der Waals surface area contributed by atoms with E-state index in [4.69, 9.17) is 4.74 Å². The molecule has 1 heterocycles. The van der Waals surface area contributed by atoms with Crippen LogP contribution in [0, 0.1) is 5.92 Å². The smallest absolute Gasteiger partial charge is 0.239 e. The molecule has 0 aromatic rings. The van der Waals surface area contributed by atoms with E-state index in [1.165, 1.54) is 12.8 Å². The Kier molecular flexibility index (Phi) is 4.18. The first-order valence-electron chi connectivity index (χ1n) is 6.41. The third-order valence-electron chi connectivity index (χ3n) is 3.30. The lowest BCUT2D eigenvalue weighted by Gasteiger charge is -2.16. The quantitative estimate of drug-likeness (QED) is 0.647. The zero-order valence-electron chi connectivity index (χ0n) is 10.1. The zero-order valence-corrected chi connectivity index (χ0v) is 10.1. The number of rotatable bonds is 7. The van der Waals surface area contributed by atoms with Gasteiger partial charge >= 0.3 is 0 Å². The van der Waals surface area contributed by atoms with Crippen molar-refractivity contribution in [1.82, 2.24) is 10.2 Å². The SMILES string of the molecule is CCNC1CCN(CCOCC2CC2)C1=O. The summed E-state index contributed by atoms with van der Waals surface area (Å²) in [7, 11) is 0. The normalized spacial score (nSPS) is 25.4. The van der Waals surface area contributed by atoms with Crippen molar-refractivity contribution >= 4 is 5.91 Å². The molecule has 1 aliphatic heterocycles. The van der Waals surface area contributed by atoms with Crippen LogP contribution in [0.5, 0.6) is 0 Å². The van der Waals surface area contributed by atoms with E-state index < -0.39 is 0 Å². The molecular formula is C12H22N2O2. The van der Waals surface area contributed by atoms with Gasteiger partial charge in [-0.2, -0.15) is 0 Å². The van der Waals surface area contributed by atoms with Gasteiger partial charge in [-0.25, -0.2) is 0 Å². The Morgan fingerprint density at radius 2 is 2.25 bits per heavy atom. The summed E-state index contributed by atoms with van der Waals surface area (Å²) >= 11 is 0. The maximum absolute atomic E-state index is 11.8. The fourth-order valence-electron chi connectivity index (χ4n) is 2.11. The highest BCUT2D eigenvalue weighted by Gasteiger charge is 2.30. The first-order chi connectivity index (χ1) is 7.81. The molecule has 1 aliphatic carbocycles. The Labute approximate surface area is 97.3 Å². The highest BCUT2D eigenvalue weighted by Crippen LogP contribution is 2.28. The number of hydrogen-bond acceptors (Lipinski definition) is 3. The maximum atomic E-state index is 11.8. The summed E-state index contributed by atoms with van der Waals surface area (Å²) in [5.41, 5.74) is 0. The number of amides is 1. The minimum Gasteiger partial charge on any atom is -0.379 e. The van der Waals surface area contributed by atoms with Crippen LogP contribution in [0.2, 0.25) is 0 Å². The highest BCUT2D eigenvalue weighted by atomic mass is 16.5. The van der Waals surface area contributed by atoms with E-state index in [0.29, 0.717) is 6.61 Å². The van der Waals surface area contributed by atoms with Crippen molar-refractivity contribution < 1.29 is 9.53 Å².